The molecule has 0 spiro atoms. The van der Waals surface area contributed by atoms with Gasteiger partial charge < -0.3 is 15.3 Å². The molecule has 1 amide bonds. The van der Waals surface area contributed by atoms with E-state index in [2.05, 4.69) is 12.2 Å². The van der Waals surface area contributed by atoms with Crippen LogP contribution in [0.25, 0.3) is 0 Å². The van der Waals surface area contributed by atoms with Crippen LogP contribution in [0.2, 0.25) is 0 Å². The summed E-state index contributed by atoms with van der Waals surface area (Å²) in [5.74, 6) is -1.23. The number of piperidine rings is 1. The fraction of sp³-hybridized carbons (Fsp3) is 0.583. The predicted octanol–water partition coefficient (Wildman–Crippen LogP) is 0.327. The number of carboxylic acids is 1. The van der Waals surface area contributed by atoms with Crippen molar-refractivity contribution in [2.45, 2.75) is 19.8 Å². The van der Waals surface area contributed by atoms with Crippen molar-refractivity contribution in [3.8, 4) is 6.07 Å². The standard InChI is InChI=1S/C12H17N3O3/c1-9-3-2-4-15(7-9)8-10(5-13)12(18)14-6-11(16)17/h8-9H,2-4,6-7H2,1H3,(H,14,18)(H,16,17)/b10-8-. The van der Waals surface area contributed by atoms with Crippen LogP contribution >= 0.6 is 0 Å². The molecule has 0 saturated carbocycles. The van der Waals surface area contributed by atoms with Gasteiger partial charge in [0, 0.05) is 19.3 Å². The van der Waals surface area contributed by atoms with E-state index < -0.39 is 18.4 Å². The molecule has 1 saturated heterocycles. The van der Waals surface area contributed by atoms with Crippen molar-refractivity contribution < 1.29 is 14.7 Å². The molecule has 0 aromatic heterocycles. The first-order chi connectivity index (χ1) is 8.52. The Bertz CT molecular complexity index is 398. The van der Waals surface area contributed by atoms with Gasteiger partial charge in [0.2, 0.25) is 0 Å². The summed E-state index contributed by atoms with van der Waals surface area (Å²) in [6, 6.07) is 1.80. The van der Waals surface area contributed by atoms with Crippen LogP contribution in [0, 0.1) is 17.2 Å². The highest BCUT2D eigenvalue weighted by atomic mass is 16.4. The molecule has 1 atom stereocenters. The smallest absolute Gasteiger partial charge is 0.322 e. The zero-order valence-corrected chi connectivity index (χ0v) is 10.3. The lowest BCUT2D eigenvalue weighted by molar-refractivity contribution is -0.137. The predicted molar refractivity (Wildman–Crippen MR) is 64.3 cm³/mol. The summed E-state index contributed by atoms with van der Waals surface area (Å²) in [7, 11) is 0. The lowest BCUT2D eigenvalue weighted by Crippen LogP contribution is -2.33. The SMILES string of the molecule is CC1CCCN(/C=C(/C#N)C(=O)NCC(=O)O)C1. The van der Waals surface area contributed by atoms with E-state index in [-0.39, 0.29) is 5.57 Å². The van der Waals surface area contributed by atoms with Crippen molar-refractivity contribution in [3.63, 3.8) is 0 Å². The molecule has 0 radical (unpaired) electrons. The van der Waals surface area contributed by atoms with Crippen molar-refractivity contribution in [3.05, 3.63) is 11.8 Å². The third-order valence-corrected chi connectivity index (χ3v) is 2.77. The van der Waals surface area contributed by atoms with Crippen LogP contribution in [-0.2, 0) is 9.59 Å². The molecule has 2 N–H and O–H groups in total. The Kier molecular flexibility index (Phi) is 5.18. The quantitative estimate of drug-likeness (QED) is 0.554. The van der Waals surface area contributed by atoms with Crippen molar-refractivity contribution in [1.82, 2.24) is 10.2 Å². The summed E-state index contributed by atoms with van der Waals surface area (Å²) in [5, 5.41) is 19.5. The number of carboxylic acid groups (broad SMARTS) is 1. The number of carbonyl (C=O) groups is 2. The number of amides is 1. The molecule has 1 unspecified atom stereocenters. The Morgan fingerprint density at radius 2 is 2.33 bits per heavy atom. The maximum atomic E-state index is 11.5. The summed E-state index contributed by atoms with van der Waals surface area (Å²) in [5.41, 5.74) is -0.0506. The van der Waals surface area contributed by atoms with E-state index in [4.69, 9.17) is 10.4 Å². The highest BCUT2D eigenvalue weighted by Crippen LogP contribution is 2.16. The fourth-order valence-electron chi connectivity index (χ4n) is 1.91. The molecule has 6 nitrogen and oxygen atoms in total. The number of nitriles is 1. The van der Waals surface area contributed by atoms with Crippen LogP contribution in [-0.4, -0.2) is 41.5 Å². The highest BCUT2D eigenvalue weighted by Gasteiger charge is 2.16. The van der Waals surface area contributed by atoms with Crippen LogP contribution in [0.1, 0.15) is 19.8 Å². The molecule has 0 aliphatic carbocycles. The van der Waals surface area contributed by atoms with Gasteiger partial charge in [-0.05, 0) is 18.8 Å². The normalized spacial score (nSPS) is 20.1. The van der Waals surface area contributed by atoms with E-state index in [0.717, 1.165) is 25.9 Å². The van der Waals surface area contributed by atoms with Crippen molar-refractivity contribution >= 4 is 11.9 Å². The topological polar surface area (TPSA) is 93.4 Å². The van der Waals surface area contributed by atoms with Gasteiger partial charge in [-0.15, -0.1) is 0 Å². The van der Waals surface area contributed by atoms with Gasteiger partial charge in [0.25, 0.3) is 5.91 Å². The highest BCUT2D eigenvalue weighted by molar-refractivity contribution is 5.98. The molecule has 0 aromatic rings. The third kappa shape index (κ3) is 4.45. The van der Waals surface area contributed by atoms with Crippen LogP contribution in [0.4, 0.5) is 0 Å². The summed E-state index contributed by atoms with van der Waals surface area (Å²) < 4.78 is 0. The number of carbonyl (C=O) groups excluding carboxylic acids is 1. The van der Waals surface area contributed by atoms with E-state index in [0.29, 0.717) is 5.92 Å². The molecule has 1 rings (SSSR count). The van der Waals surface area contributed by atoms with Gasteiger partial charge in [0.1, 0.15) is 18.2 Å². The average Bonchev–Trinajstić information content (AvgIpc) is 2.33. The van der Waals surface area contributed by atoms with Gasteiger partial charge in [0.05, 0.1) is 0 Å². The minimum Gasteiger partial charge on any atom is -0.480 e. The molecule has 0 bridgehead atoms. The molecular formula is C12H17N3O3. The van der Waals surface area contributed by atoms with E-state index in [1.807, 2.05) is 4.90 Å². The monoisotopic (exact) mass is 251 g/mol. The molecule has 1 aliphatic heterocycles. The number of likely N-dealkylation sites (tertiary alicyclic amines) is 1. The van der Waals surface area contributed by atoms with Gasteiger partial charge in [-0.25, -0.2) is 0 Å². The minimum atomic E-state index is -1.13. The number of rotatable bonds is 4. The second-order valence-corrected chi connectivity index (χ2v) is 4.47. The van der Waals surface area contributed by atoms with E-state index in [1.165, 1.54) is 6.20 Å². The lowest BCUT2D eigenvalue weighted by atomic mass is 10.0. The van der Waals surface area contributed by atoms with Gasteiger partial charge in [-0.2, -0.15) is 5.26 Å². The van der Waals surface area contributed by atoms with Gasteiger partial charge in [-0.1, -0.05) is 6.92 Å². The number of hydrogen-bond donors (Lipinski definition) is 2. The summed E-state index contributed by atoms with van der Waals surface area (Å²) in [4.78, 5) is 23.8. The first kappa shape index (κ1) is 14.0. The molecular weight excluding hydrogens is 234 g/mol. The maximum Gasteiger partial charge on any atom is 0.322 e. The number of aliphatic carboxylic acids is 1. The van der Waals surface area contributed by atoms with Gasteiger partial charge in [-0.3, -0.25) is 9.59 Å². The van der Waals surface area contributed by atoms with Crippen LogP contribution < -0.4 is 5.32 Å². The summed E-state index contributed by atoms with van der Waals surface area (Å²) in [6.45, 7) is 3.28. The Labute approximate surface area is 106 Å². The molecule has 6 heteroatoms. The average molecular weight is 251 g/mol. The molecule has 1 heterocycles. The maximum absolute atomic E-state index is 11.5. The van der Waals surface area contributed by atoms with E-state index in [1.54, 1.807) is 6.07 Å². The third-order valence-electron chi connectivity index (χ3n) is 2.77. The molecule has 1 aliphatic rings. The number of nitrogens with zero attached hydrogens (tertiary/aromatic N) is 2. The van der Waals surface area contributed by atoms with Crippen molar-refractivity contribution in [1.29, 1.82) is 5.26 Å². The van der Waals surface area contributed by atoms with Crippen LogP contribution in [0.5, 0.6) is 0 Å². The first-order valence-corrected chi connectivity index (χ1v) is 5.89. The Morgan fingerprint density at radius 1 is 1.61 bits per heavy atom. The van der Waals surface area contributed by atoms with Gasteiger partial charge in [0.15, 0.2) is 0 Å². The molecule has 0 aromatic carbocycles. The van der Waals surface area contributed by atoms with E-state index in [9.17, 15) is 9.59 Å². The van der Waals surface area contributed by atoms with Crippen molar-refractivity contribution in [2.24, 2.45) is 5.92 Å². The second kappa shape index (κ2) is 6.64. The second-order valence-electron chi connectivity index (χ2n) is 4.47. The van der Waals surface area contributed by atoms with Crippen LogP contribution in [0.3, 0.4) is 0 Å². The largest absolute Gasteiger partial charge is 0.480 e. The zero-order chi connectivity index (χ0) is 13.5. The fourth-order valence-corrected chi connectivity index (χ4v) is 1.91. The van der Waals surface area contributed by atoms with Crippen molar-refractivity contribution in [2.75, 3.05) is 19.6 Å². The Balaban J connectivity index is 2.61. The molecule has 1 fully saturated rings. The Morgan fingerprint density at radius 3 is 2.89 bits per heavy atom. The number of nitrogens with one attached hydrogen (secondary N) is 1. The van der Waals surface area contributed by atoms with Gasteiger partial charge >= 0.3 is 5.97 Å². The Hall–Kier alpha value is -2.03. The minimum absolute atomic E-state index is 0.0506. The number of hydrogen-bond acceptors (Lipinski definition) is 4. The summed E-state index contributed by atoms with van der Waals surface area (Å²) >= 11 is 0. The zero-order valence-electron chi connectivity index (χ0n) is 10.3. The first-order valence-electron chi connectivity index (χ1n) is 5.89. The lowest BCUT2D eigenvalue weighted by Gasteiger charge is -2.29. The summed E-state index contributed by atoms with van der Waals surface area (Å²) in [6.07, 6.45) is 3.71. The van der Waals surface area contributed by atoms with Crippen LogP contribution in [0.15, 0.2) is 11.8 Å². The molecule has 98 valence electrons. The molecule has 18 heavy (non-hydrogen) atoms. The van der Waals surface area contributed by atoms with E-state index >= 15 is 0 Å².